The van der Waals surface area contributed by atoms with E-state index in [2.05, 4.69) is 21.2 Å². The van der Waals surface area contributed by atoms with Crippen molar-refractivity contribution >= 4 is 33.4 Å². The normalized spacial score (nSPS) is 11.5. The van der Waals surface area contributed by atoms with Crippen molar-refractivity contribution in [3.05, 3.63) is 58.3 Å². The Morgan fingerprint density at radius 3 is 2.33 bits per heavy atom. The topological polar surface area (TPSA) is 12.0 Å². The Morgan fingerprint density at radius 2 is 1.71 bits per heavy atom. The summed E-state index contributed by atoms with van der Waals surface area (Å²) in [7, 11) is 0. The van der Waals surface area contributed by atoms with E-state index in [1.54, 1.807) is 18.2 Å². The third-order valence-electron chi connectivity index (χ3n) is 2.57. The van der Waals surface area contributed by atoms with Crippen LogP contribution in [0.3, 0.4) is 0 Å². The maximum Gasteiger partial charge on any atom is 0.446 e. The van der Waals surface area contributed by atoms with Gasteiger partial charge in [-0.1, -0.05) is 12.1 Å². The van der Waals surface area contributed by atoms with Crippen LogP contribution in [0.15, 0.2) is 51.8 Å². The van der Waals surface area contributed by atoms with Crippen LogP contribution in [0.5, 0.6) is 0 Å². The second-order valence-electron chi connectivity index (χ2n) is 4.17. The van der Waals surface area contributed by atoms with Gasteiger partial charge < -0.3 is 5.32 Å². The number of benzene rings is 2. The van der Waals surface area contributed by atoms with Gasteiger partial charge >= 0.3 is 5.51 Å². The first-order valence-corrected chi connectivity index (χ1v) is 7.48. The van der Waals surface area contributed by atoms with Crippen LogP contribution in [-0.4, -0.2) is 5.51 Å². The number of halogens is 5. The molecule has 0 fully saturated rings. The molecule has 0 saturated heterocycles. The molecule has 0 amide bonds. The zero-order valence-electron chi connectivity index (χ0n) is 10.5. The van der Waals surface area contributed by atoms with Crippen LogP contribution in [0.4, 0.5) is 23.2 Å². The summed E-state index contributed by atoms with van der Waals surface area (Å²) in [4.78, 5) is 0.137. The van der Waals surface area contributed by atoms with Crippen LogP contribution in [0.25, 0.3) is 0 Å². The quantitative estimate of drug-likeness (QED) is 0.531. The Balaban J connectivity index is 1.99. The van der Waals surface area contributed by atoms with Gasteiger partial charge in [0.25, 0.3) is 0 Å². The van der Waals surface area contributed by atoms with Gasteiger partial charge in [-0.25, -0.2) is 4.39 Å². The van der Waals surface area contributed by atoms with Gasteiger partial charge in [-0.05, 0) is 63.6 Å². The molecule has 1 N–H and O–H groups in total. The maximum atomic E-state index is 13.1. The molecule has 0 radical (unpaired) electrons. The molecule has 0 aliphatic carbocycles. The summed E-state index contributed by atoms with van der Waals surface area (Å²) in [6, 6.07) is 10.3. The van der Waals surface area contributed by atoms with Crippen LogP contribution in [-0.2, 0) is 6.54 Å². The van der Waals surface area contributed by atoms with E-state index in [9.17, 15) is 17.6 Å². The Morgan fingerprint density at radius 1 is 1.05 bits per heavy atom. The summed E-state index contributed by atoms with van der Waals surface area (Å²) in [5, 5.41) is 3.02. The largest absolute Gasteiger partial charge is 0.446 e. The molecule has 1 nitrogen and oxygen atoms in total. The molecule has 21 heavy (non-hydrogen) atoms. The highest BCUT2D eigenvalue weighted by atomic mass is 79.9. The SMILES string of the molecule is Fc1ccc(Br)c(NCc2ccc(SC(F)(F)F)cc2)c1. The molecular formula is C14H10BrF4NS. The van der Waals surface area contributed by atoms with E-state index in [1.165, 1.54) is 24.3 Å². The zero-order chi connectivity index (χ0) is 15.5. The lowest BCUT2D eigenvalue weighted by Crippen LogP contribution is -2.01. The Bertz CT molecular complexity index is 613. The van der Waals surface area contributed by atoms with Gasteiger partial charge in [0.2, 0.25) is 0 Å². The van der Waals surface area contributed by atoms with Gasteiger partial charge in [0.15, 0.2) is 0 Å². The molecule has 0 aliphatic heterocycles. The molecule has 0 atom stereocenters. The van der Waals surface area contributed by atoms with E-state index < -0.39 is 5.51 Å². The molecule has 112 valence electrons. The highest BCUT2D eigenvalue weighted by Crippen LogP contribution is 2.36. The Hall–Kier alpha value is -1.21. The van der Waals surface area contributed by atoms with Crippen molar-refractivity contribution < 1.29 is 17.6 Å². The van der Waals surface area contributed by atoms with Crippen LogP contribution in [0, 0.1) is 5.82 Å². The van der Waals surface area contributed by atoms with Gasteiger partial charge in [-0.3, -0.25) is 0 Å². The summed E-state index contributed by atoms with van der Waals surface area (Å²) >= 11 is 3.14. The molecule has 0 heterocycles. The van der Waals surface area contributed by atoms with E-state index in [4.69, 9.17) is 0 Å². The minimum atomic E-state index is -4.29. The predicted molar refractivity (Wildman–Crippen MR) is 79.8 cm³/mol. The summed E-state index contributed by atoms with van der Waals surface area (Å²) in [6.07, 6.45) is 0. The van der Waals surface area contributed by atoms with E-state index in [0.29, 0.717) is 16.7 Å². The highest BCUT2D eigenvalue weighted by Gasteiger charge is 2.28. The molecule has 0 aliphatic rings. The van der Waals surface area contributed by atoms with Gasteiger partial charge in [-0.15, -0.1) is 0 Å². The second kappa shape index (κ2) is 6.70. The lowest BCUT2D eigenvalue weighted by molar-refractivity contribution is -0.0328. The Labute approximate surface area is 131 Å². The molecular weight excluding hydrogens is 370 g/mol. The molecule has 0 bridgehead atoms. The van der Waals surface area contributed by atoms with Crippen LogP contribution in [0.2, 0.25) is 0 Å². The van der Waals surface area contributed by atoms with Crippen molar-refractivity contribution in [2.24, 2.45) is 0 Å². The van der Waals surface area contributed by atoms with Crippen LogP contribution < -0.4 is 5.32 Å². The van der Waals surface area contributed by atoms with Crippen molar-refractivity contribution in [2.45, 2.75) is 16.9 Å². The van der Waals surface area contributed by atoms with E-state index >= 15 is 0 Å². The van der Waals surface area contributed by atoms with E-state index in [-0.39, 0.29) is 22.5 Å². The average molecular weight is 380 g/mol. The van der Waals surface area contributed by atoms with Crippen molar-refractivity contribution in [3.63, 3.8) is 0 Å². The first kappa shape index (κ1) is 16.2. The fourth-order valence-electron chi connectivity index (χ4n) is 1.64. The third-order valence-corrected chi connectivity index (χ3v) is 4.00. The fourth-order valence-corrected chi connectivity index (χ4v) is 2.57. The molecule has 0 spiro atoms. The predicted octanol–water partition coefficient (Wildman–Crippen LogP) is 5.81. The molecule has 2 aromatic carbocycles. The maximum absolute atomic E-state index is 13.1. The van der Waals surface area contributed by atoms with Gasteiger partial charge in [0.1, 0.15) is 5.82 Å². The lowest BCUT2D eigenvalue weighted by Gasteiger charge is -2.10. The van der Waals surface area contributed by atoms with Crippen LogP contribution >= 0.6 is 27.7 Å². The molecule has 0 unspecified atom stereocenters. The monoisotopic (exact) mass is 379 g/mol. The van der Waals surface area contributed by atoms with Gasteiger partial charge in [0.05, 0.1) is 5.69 Å². The van der Waals surface area contributed by atoms with Gasteiger partial charge in [-0.2, -0.15) is 13.2 Å². The Kier molecular flexibility index (Phi) is 5.16. The molecule has 2 aromatic rings. The fraction of sp³-hybridized carbons (Fsp3) is 0.143. The van der Waals surface area contributed by atoms with Gasteiger partial charge in [0, 0.05) is 15.9 Å². The minimum Gasteiger partial charge on any atom is -0.380 e. The number of anilines is 1. The van der Waals surface area contributed by atoms with E-state index in [1.807, 2.05) is 0 Å². The zero-order valence-corrected chi connectivity index (χ0v) is 12.9. The summed E-state index contributed by atoms with van der Waals surface area (Å²) in [5.41, 5.74) is -2.90. The van der Waals surface area contributed by atoms with Crippen molar-refractivity contribution in [1.82, 2.24) is 0 Å². The van der Waals surface area contributed by atoms with Crippen molar-refractivity contribution in [2.75, 3.05) is 5.32 Å². The summed E-state index contributed by atoms with van der Waals surface area (Å²) < 4.78 is 50.4. The molecule has 2 rings (SSSR count). The minimum absolute atomic E-state index is 0.137. The number of thioether (sulfide) groups is 1. The van der Waals surface area contributed by atoms with Crippen LogP contribution in [0.1, 0.15) is 5.56 Å². The first-order chi connectivity index (χ1) is 9.83. The lowest BCUT2D eigenvalue weighted by atomic mass is 10.2. The van der Waals surface area contributed by atoms with Crippen molar-refractivity contribution in [1.29, 1.82) is 0 Å². The molecule has 0 saturated carbocycles. The van der Waals surface area contributed by atoms with Crippen molar-refractivity contribution in [3.8, 4) is 0 Å². The molecule has 0 aromatic heterocycles. The summed E-state index contributed by atoms with van der Waals surface area (Å²) in [5.74, 6) is -0.363. The molecule has 7 heteroatoms. The highest BCUT2D eigenvalue weighted by molar-refractivity contribution is 9.10. The number of alkyl halides is 3. The second-order valence-corrected chi connectivity index (χ2v) is 6.16. The number of nitrogens with one attached hydrogen (secondary N) is 1. The number of hydrogen-bond acceptors (Lipinski definition) is 2. The third kappa shape index (κ3) is 5.24. The average Bonchev–Trinajstić information content (AvgIpc) is 2.40. The first-order valence-electron chi connectivity index (χ1n) is 5.87. The number of rotatable bonds is 4. The van der Waals surface area contributed by atoms with E-state index in [0.717, 1.165) is 5.56 Å². The smallest absolute Gasteiger partial charge is 0.380 e. The number of hydrogen-bond donors (Lipinski definition) is 1. The standard InChI is InChI=1S/C14H10BrF4NS/c15-12-6-3-10(16)7-13(12)20-8-9-1-4-11(5-2-9)21-14(17,18)19/h1-7,20H,8H2. The summed E-state index contributed by atoms with van der Waals surface area (Å²) in [6.45, 7) is 0.388.